The molecule has 0 radical (unpaired) electrons. The summed E-state index contributed by atoms with van der Waals surface area (Å²) in [6, 6.07) is -0.389. The van der Waals surface area contributed by atoms with Gasteiger partial charge in [-0.2, -0.15) is 0 Å². The van der Waals surface area contributed by atoms with Gasteiger partial charge in [0.2, 0.25) is 5.91 Å². The SMILES string of the molecule is CC(N)C(=O)NCC1CCNC1.Cl. The second-order valence-electron chi connectivity index (χ2n) is 3.39. The minimum absolute atomic E-state index is 0. The van der Waals surface area contributed by atoms with Crippen molar-refractivity contribution in [2.75, 3.05) is 19.6 Å². The minimum Gasteiger partial charge on any atom is -0.354 e. The predicted molar refractivity (Wildman–Crippen MR) is 54.9 cm³/mol. The van der Waals surface area contributed by atoms with Crippen LogP contribution in [0.25, 0.3) is 0 Å². The summed E-state index contributed by atoms with van der Waals surface area (Å²) >= 11 is 0. The van der Waals surface area contributed by atoms with Gasteiger partial charge in [-0.1, -0.05) is 0 Å². The first-order valence-electron chi connectivity index (χ1n) is 4.44. The predicted octanol–water partition coefficient (Wildman–Crippen LogP) is -0.519. The summed E-state index contributed by atoms with van der Waals surface area (Å²) in [4.78, 5) is 11.0. The lowest BCUT2D eigenvalue weighted by Crippen LogP contribution is -2.40. The van der Waals surface area contributed by atoms with Crippen molar-refractivity contribution in [2.45, 2.75) is 19.4 Å². The summed E-state index contributed by atoms with van der Waals surface area (Å²) in [5.41, 5.74) is 5.39. The van der Waals surface area contributed by atoms with Crippen LogP contribution < -0.4 is 16.4 Å². The van der Waals surface area contributed by atoms with E-state index >= 15 is 0 Å². The van der Waals surface area contributed by atoms with Crippen LogP contribution in [0.2, 0.25) is 0 Å². The molecule has 4 N–H and O–H groups in total. The fourth-order valence-electron chi connectivity index (χ4n) is 1.29. The Hall–Kier alpha value is -0.320. The third-order valence-corrected chi connectivity index (χ3v) is 2.14. The average molecular weight is 208 g/mol. The minimum atomic E-state index is -0.389. The van der Waals surface area contributed by atoms with E-state index in [1.165, 1.54) is 0 Å². The first-order chi connectivity index (χ1) is 5.70. The van der Waals surface area contributed by atoms with Crippen LogP contribution in [0.5, 0.6) is 0 Å². The van der Waals surface area contributed by atoms with Gasteiger partial charge in [0.15, 0.2) is 0 Å². The molecule has 1 saturated heterocycles. The number of carbonyl (C=O) groups excluding carboxylic acids is 1. The molecule has 1 amide bonds. The van der Waals surface area contributed by atoms with E-state index in [0.717, 1.165) is 26.1 Å². The summed E-state index contributed by atoms with van der Waals surface area (Å²) in [6.07, 6.45) is 1.15. The highest BCUT2D eigenvalue weighted by atomic mass is 35.5. The second-order valence-corrected chi connectivity index (χ2v) is 3.39. The molecule has 0 aromatic heterocycles. The molecule has 1 heterocycles. The molecule has 0 saturated carbocycles. The molecule has 0 aromatic carbocycles. The summed E-state index contributed by atoms with van der Waals surface area (Å²) in [6.45, 7) is 4.54. The summed E-state index contributed by atoms with van der Waals surface area (Å²) in [5, 5.41) is 6.06. The van der Waals surface area contributed by atoms with E-state index in [1.807, 2.05) is 0 Å². The number of nitrogens with two attached hydrogens (primary N) is 1. The third kappa shape index (κ3) is 4.45. The quantitative estimate of drug-likeness (QED) is 0.584. The molecule has 1 rings (SSSR count). The van der Waals surface area contributed by atoms with E-state index in [-0.39, 0.29) is 24.4 Å². The number of hydrogen-bond acceptors (Lipinski definition) is 3. The van der Waals surface area contributed by atoms with Gasteiger partial charge < -0.3 is 16.4 Å². The molecule has 2 unspecified atom stereocenters. The zero-order valence-electron chi connectivity index (χ0n) is 7.88. The van der Waals surface area contributed by atoms with Gasteiger partial charge in [0.05, 0.1) is 6.04 Å². The molecule has 0 aromatic rings. The van der Waals surface area contributed by atoms with Gasteiger partial charge in [0.1, 0.15) is 0 Å². The van der Waals surface area contributed by atoms with Gasteiger partial charge in [0, 0.05) is 6.54 Å². The third-order valence-electron chi connectivity index (χ3n) is 2.14. The lowest BCUT2D eigenvalue weighted by Gasteiger charge is -2.11. The Balaban J connectivity index is 0.00000144. The maximum Gasteiger partial charge on any atom is 0.236 e. The van der Waals surface area contributed by atoms with Crippen molar-refractivity contribution in [3.05, 3.63) is 0 Å². The van der Waals surface area contributed by atoms with E-state index in [9.17, 15) is 4.79 Å². The highest BCUT2D eigenvalue weighted by Crippen LogP contribution is 2.04. The van der Waals surface area contributed by atoms with Crippen molar-refractivity contribution in [1.82, 2.24) is 10.6 Å². The Morgan fingerprint density at radius 3 is 2.92 bits per heavy atom. The van der Waals surface area contributed by atoms with Crippen LogP contribution in [0.1, 0.15) is 13.3 Å². The van der Waals surface area contributed by atoms with E-state index in [2.05, 4.69) is 10.6 Å². The van der Waals surface area contributed by atoms with Crippen molar-refractivity contribution < 1.29 is 4.79 Å². The van der Waals surface area contributed by atoms with Crippen molar-refractivity contribution in [3.8, 4) is 0 Å². The molecule has 0 bridgehead atoms. The molecule has 2 atom stereocenters. The van der Waals surface area contributed by atoms with Crippen LogP contribution in [0.3, 0.4) is 0 Å². The Kier molecular flexibility index (Phi) is 6.03. The van der Waals surface area contributed by atoms with Crippen LogP contribution in [-0.4, -0.2) is 31.6 Å². The highest BCUT2D eigenvalue weighted by Gasteiger charge is 2.15. The van der Waals surface area contributed by atoms with Crippen molar-refractivity contribution in [2.24, 2.45) is 11.7 Å². The Morgan fingerprint density at radius 1 is 1.77 bits per heavy atom. The van der Waals surface area contributed by atoms with Gasteiger partial charge in [-0.3, -0.25) is 4.79 Å². The molecule has 1 fully saturated rings. The Bertz CT molecular complexity index is 157. The first kappa shape index (κ1) is 12.7. The molecule has 0 spiro atoms. The van der Waals surface area contributed by atoms with E-state index in [1.54, 1.807) is 6.92 Å². The fraction of sp³-hybridized carbons (Fsp3) is 0.875. The zero-order chi connectivity index (χ0) is 8.97. The smallest absolute Gasteiger partial charge is 0.236 e. The van der Waals surface area contributed by atoms with E-state index in [4.69, 9.17) is 5.73 Å². The highest BCUT2D eigenvalue weighted by molar-refractivity contribution is 5.85. The van der Waals surface area contributed by atoms with Gasteiger partial charge in [0.25, 0.3) is 0 Å². The molecule has 0 aliphatic carbocycles. The van der Waals surface area contributed by atoms with Gasteiger partial charge >= 0.3 is 0 Å². The van der Waals surface area contributed by atoms with Gasteiger partial charge in [-0.05, 0) is 32.4 Å². The van der Waals surface area contributed by atoms with Crippen molar-refractivity contribution in [3.63, 3.8) is 0 Å². The molecule has 13 heavy (non-hydrogen) atoms. The zero-order valence-corrected chi connectivity index (χ0v) is 8.69. The number of nitrogens with one attached hydrogen (secondary N) is 2. The summed E-state index contributed by atoms with van der Waals surface area (Å²) in [5.74, 6) is 0.537. The largest absolute Gasteiger partial charge is 0.354 e. The lowest BCUT2D eigenvalue weighted by molar-refractivity contribution is -0.122. The summed E-state index contributed by atoms with van der Waals surface area (Å²) in [7, 11) is 0. The number of hydrogen-bond donors (Lipinski definition) is 3. The molecular formula is C8H18ClN3O. The molecule has 4 nitrogen and oxygen atoms in total. The standard InChI is InChI=1S/C8H17N3O.ClH/c1-6(9)8(12)11-5-7-2-3-10-4-7;/h6-7,10H,2-5,9H2,1H3,(H,11,12);1H. The topological polar surface area (TPSA) is 67.2 Å². The first-order valence-corrected chi connectivity index (χ1v) is 4.44. The van der Waals surface area contributed by atoms with Crippen LogP contribution in [-0.2, 0) is 4.79 Å². The van der Waals surface area contributed by atoms with Crippen LogP contribution in [0.15, 0.2) is 0 Å². The fourth-order valence-corrected chi connectivity index (χ4v) is 1.29. The maximum absolute atomic E-state index is 11.0. The Morgan fingerprint density at radius 2 is 2.46 bits per heavy atom. The molecule has 1 aliphatic rings. The number of rotatable bonds is 3. The van der Waals surface area contributed by atoms with Gasteiger partial charge in [-0.25, -0.2) is 0 Å². The monoisotopic (exact) mass is 207 g/mol. The lowest BCUT2D eigenvalue weighted by atomic mass is 10.1. The van der Waals surface area contributed by atoms with E-state index < -0.39 is 0 Å². The number of carbonyl (C=O) groups is 1. The van der Waals surface area contributed by atoms with E-state index in [0.29, 0.717) is 5.92 Å². The Labute approximate surface area is 85.0 Å². The molecule has 78 valence electrons. The number of halogens is 1. The van der Waals surface area contributed by atoms with Crippen LogP contribution >= 0.6 is 12.4 Å². The number of amides is 1. The normalized spacial score (nSPS) is 23.4. The molecule has 5 heteroatoms. The average Bonchev–Trinajstić information content (AvgIpc) is 2.51. The molecular weight excluding hydrogens is 190 g/mol. The van der Waals surface area contributed by atoms with Crippen molar-refractivity contribution >= 4 is 18.3 Å². The van der Waals surface area contributed by atoms with Crippen molar-refractivity contribution in [1.29, 1.82) is 0 Å². The maximum atomic E-state index is 11.0. The second kappa shape index (κ2) is 6.18. The van der Waals surface area contributed by atoms with Crippen LogP contribution in [0.4, 0.5) is 0 Å². The summed E-state index contributed by atoms with van der Waals surface area (Å²) < 4.78 is 0. The van der Waals surface area contributed by atoms with Gasteiger partial charge in [-0.15, -0.1) is 12.4 Å². The molecule has 1 aliphatic heterocycles. The van der Waals surface area contributed by atoms with Crippen LogP contribution in [0, 0.1) is 5.92 Å².